The van der Waals surface area contributed by atoms with E-state index in [4.69, 9.17) is 4.74 Å². The maximum absolute atomic E-state index is 5.19. The third-order valence-electron chi connectivity index (χ3n) is 4.09. The molecule has 0 amide bonds. The van der Waals surface area contributed by atoms with Gasteiger partial charge in [0.2, 0.25) is 0 Å². The lowest BCUT2D eigenvalue weighted by molar-refractivity contribution is 0.170. The van der Waals surface area contributed by atoms with E-state index in [0.29, 0.717) is 11.5 Å². The number of aryl methyl sites for hydroxylation is 2. The summed E-state index contributed by atoms with van der Waals surface area (Å²) in [5, 5.41) is 8.05. The molecule has 0 saturated heterocycles. The SMILES string of the molecule is COCCC1(CNC(C)c2cn(C)nc2C)CC1. The van der Waals surface area contributed by atoms with Crippen LogP contribution >= 0.6 is 0 Å². The van der Waals surface area contributed by atoms with E-state index >= 15 is 0 Å². The Kier molecular flexibility index (Phi) is 4.07. The van der Waals surface area contributed by atoms with Gasteiger partial charge in [0.25, 0.3) is 0 Å². The summed E-state index contributed by atoms with van der Waals surface area (Å²) in [7, 11) is 3.76. The minimum absolute atomic E-state index is 0.374. The summed E-state index contributed by atoms with van der Waals surface area (Å²) >= 11 is 0. The smallest absolute Gasteiger partial charge is 0.0641 e. The van der Waals surface area contributed by atoms with Gasteiger partial charge >= 0.3 is 0 Å². The van der Waals surface area contributed by atoms with Gasteiger partial charge in [0.15, 0.2) is 0 Å². The number of ether oxygens (including phenoxy) is 1. The average molecular weight is 251 g/mol. The van der Waals surface area contributed by atoms with Gasteiger partial charge < -0.3 is 10.1 Å². The molecule has 1 aromatic heterocycles. The second-order valence-electron chi connectivity index (χ2n) is 5.69. The largest absolute Gasteiger partial charge is 0.385 e. The maximum Gasteiger partial charge on any atom is 0.0641 e. The molecule has 1 aromatic rings. The Morgan fingerprint density at radius 1 is 1.56 bits per heavy atom. The van der Waals surface area contributed by atoms with E-state index in [0.717, 1.165) is 18.8 Å². The van der Waals surface area contributed by atoms with Crippen LogP contribution in [0.2, 0.25) is 0 Å². The summed E-state index contributed by atoms with van der Waals surface area (Å²) in [5.41, 5.74) is 2.93. The van der Waals surface area contributed by atoms with E-state index in [1.165, 1.54) is 24.8 Å². The molecule has 2 rings (SSSR count). The number of hydrogen-bond donors (Lipinski definition) is 1. The molecule has 102 valence electrons. The van der Waals surface area contributed by atoms with E-state index in [-0.39, 0.29) is 0 Å². The number of hydrogen-bond acceptors (Lipinski definition) is 3. The highest BCUT2D eigenvalue weighted by atomic mass is 16.5. The highest BCUT2D eigenvalue weighted by molar-refractivity contribution is 5.19. The van der Waals surface area contributed by atoms with Crippen LogP contribution < -0.4 is 5.32 Å². The summed E-state index contributed by atoms with van der Waals surface area (Å²) in [4.78, 5) is 0. The molecule has 1 N–H and O–H groups in total. The number of methoxy groups -OCH3 is 1. The Hall–Kier alpha value is -0.870. The number of aromatic nitrogens is 2. The monoisotopic (exact) mass is 251 g/mol. The molecule has 1 aliphatic carbocycles. The topological polar surface area (TPSA) is 39.1 Å². The van der Waals surface area contributed by atoms with Crippen LogP contribution in [0.1, 0.15) is 43.5 Å². The first-order valence-corrected chi connectivity index (χ1v) is 6.79. The summed E-state index contributed by atoms with van der Waals surface area (Å²) in [6.45, 7) is 6.26. The molecule has 0 spiro atoms. The van der Waals surface area contributed by atoms with Crippen LogP contribution in [-0.2, 0) is 11.8 Å². The zero-order valence-electron chi connectivity index (χ0n) is 12.0. The van der Waals surface area contributed by atoms with E-state index in [1.807, 2.05) is 11.7 Å². The zero-order chi connectivity index (χ0) is 13.2. The Balaban J connectivity index is 1.85. The van der Waals surface area contributed by atoms with Gasteiger partial charge in [-0.25, -0.2) is 0 Å². The van der Waals surface area contributed by atoms with Crippen molar-refractivity contribution in [2.75, 3.05) is 20.3 Å². The molecule has 0 aliphatic heterocycles. The van der Waals surface area contributed by atoms with Gasteiger partial charge in [0, 0.05) is 45.1 Å². The molecule has 1 aliphatic rings. The first-order valence-electron chi connectivity index (χ1n) is 6.79. The fraction of sp³-hybridized carbons (Fsp3) is 0.786. The third-order valence-corrected chi connectivity index (χ3v) is 4.09. The molecule has 4 nitrogen and oxygen atoms in total. The van der Waals surface area contributed by atoms with E-state index in [1.54, 1.807) is 7.11 Å². The summed E-state index contributed by atoms with van der Waals surface area (Å²) < 4.78 is 7.08. The van der Waals surface area contributed by atoms with Crippen LogP contribution in [0.5, 0.6) is 0 Å². The standard InChI is InChI=1S/C14H25N3O/c1-11(13-9-17(3)16-12(13)2)15-10-14(5-6-14)7-8-18-4/h9,11,15H,5-8,10H2,1-4H3. The minimum Gasteiger partial charge on any atom is -0.385 e. The number of rotatable bonds is 7. The predicted octanol–water partition coefficient (Wildman–Crippen LogP) is 2.20. The minimum atomic E-state index is 0.374. The highest BCUT2D eigenvalue weighted by Crippen LogP contribution is 2.48. The molecule has 1 heterocycles. The lowest BCUT2D eigenvalue weighted by Gasteiger charge is -2.19. The maximum atomic E-state index is 5.19. The van der Waals surface area contributed by atoms with Crippen LogP contribution in [0.15, 0.2) is 6.20 Å². The van der Waals surface area contributed by atoms with Crippen molar-refractivity contribution in [2.24, 2.45) is 12.5 Å². The van der Waals surface area contributed by atoms with Crippen molar-refractivity contribution in [2.45, 2.75) is 39.2 Å². The van der Waals surface area contributed by atoms with Gasteiger partial charge in [-0.05, 0) is 38.5 Å². The predicted molar refractivity (Wildman–Crippen MR) is 72.5 cm³/mol. The lowest BCUT2D eigenvalue weighted by Crippen LogP contribution is -2.27. The second-order valence-corrected chi connectivity index (χ2v) is 5.69. The molecule has 4 heteroatoms. The van der Waals surface area contributed by atoms with Crippen molar-refractivity contribution >= 4 is 0 Å². The van der Waals surface area contributed by atoms with Crippen LogP contribution in [0.3, 0.4) is 0 Å². The highest BCUT2D eigenvalue weighted by Gasteiger charge is 2.41. The normalized spacial score (nSPS) is 18.9. The average Bonchev–Trinajstić information content (AvgIpc) is 3.03. The summed E-state index contributed by atoms with van der Waals surface area (Å²) in [6, 6.07) is 0.374. The fourth-order valence-corrected chi connectivity index (χ4v) is 2.53. The van der Waals surface area contributed by atoms with E-state index in [9.17, 15) is 0 Å². The number of nitrogens with one attached hydrogen (secondary N) is 1. The second kappa shape index (κ2) is 5.41. The molecule has 1 atom stereocenters. The van der Waals surface area contributed by atoms with Crippen LogP contribution in [0.25, 0.3) is 0 Å². The van der Waals surface area contributed by atoms with E-state index in [2.05, 4.69) is 30.5 Å². The first kappa shape index (κ1) is 13.6. The van der Waals surface area contributed by atoms with Gasteiger partial charge in [0.1, 0.15) is 0 Å². The van der Waals surface area contributed by atoms with Crippen molar-refractivity contribution < 1.29 is 4.74 Å². The first-order chi connectivity index (χ1) is 8.56. The van der Waals surface area contributed by atoms with Gasteiger partial charge in [0.05, 0.1) is 5.69 Å². The molecule has 1 fully saturated rings. The van der Waals surface area contributed by atoms with Gasteiger partial charge in [-0.15, -0.1) is 0 Å². The summed E-state index contributed by atoms with van der Waals surface area (Å²) in [5.74, 6) is 0. The van der Waals surface area contributed by atoms with Crippen molar-refractivity contribution in [3.8, 4) is 0 Å². The van der Waals surface area contributed by atoms with Crippen molar-refractivity contribution in [3.05, 3.63) is 17.5 Å². The van der Waals surface area contributed by atoms with E-state index < -0.39 is 0 Å². The third kappa shape index (κ3) is 3.12. The van der Waals surface area contributed by atoms with Crippen molar-refractivity contribution in [1.29, 1.82) is 0 Å². The van der Waals surface area contributed by atoms with Crippen molar-refractivity contribution in [1.82, 2.24) is 15.1 Å². The molecular formula is C14H25N3O. The summed E-state index contributed by atoms with van der Waals surface area (Å²) in [6.07, 6.45) is 5.96. The molecule has 0 aromatic carbocycles. The molecule has 0 radical (unpaired) electrons. The molecule has 18 heavy (non-hydrogen) atoms. The Morgan fingerprint density at radius 2 is 2.28 bits per heavy atom. The zero-order valence-corrected chi connectivity index (χ0v) is 12.0. The van der Waals surface area contributed by atoms with Gasteiger partial charge in [-0.1, -0.05) is 0 Å². The van der Waals surface area contributed by atoms with Crippen LogP contribution in [-0.4, -0.2) is 30.0 Å². The Bertz CT molecular complexity index is 396. The molecule has 1 saturated carbocycles. The molecular weight excluding hydrogens is 226 g/mol. The quantitative estimate of drug-likeness (QED) is 0.807. The van der Waals surface area contributed by atoms with Crippen LogP contribution in [0.4, 0.5) is 0 Å². The van der Waals surface area contributed by atoms with Gasteiger partial charge in [-0.3, -0.25) is 4.68 Å². The Labute approximate surface area is 110 Å². The van der Waals surface area contributed by atoms with Gasteiger partial charge in [-0.2, -0.15) is 5.10 Å². The molecule has 0 bridgehead atoms. The lowest BCUT2D eigenvalue weighted by atomic mass is 10.0. The van der Waals surface area contributed by atoms with Crippen molar-refractivity contribution in [3.63, 3.8) is 0 Å². The number of nitrogens with zero attached hydrogens (tertiary/aromatic N) is 2. The Morgan fingerprint density at radius 3 is 2.78 bits per heavy atom. The molecule has 1 unspecified atom stereocenters. The fourth-order valence-electron chi connectivity index (χ4n) is 2.53. The van der Waals surface area contributed by atoms with Crippen LogP contribution in [0, 0.1) is 12.3 Å².